The molecule has 1 nitrogen and oxygen atoms in total. The first-order chi connectivity index (χ1) is 9.06. The summed E-state index contributed by atoms with van der Waals surface area (Å²) in [7, 11) is 0. The van der Waals surface area contributed by atoms with E-state index in [1.54, 1.807) is 0 Å². The Labute approximate surface area is 116 Å². The molecule has 0 saturated heterocycles. The van der Waals surface area contributed by atoms with Gasteiger partial charge < -0.3 is 4.74 Å². The average Bonchev–Trinajstić information content (AvgIpc) is 2.40. The largest absolute Gasteiger partial charge is 0.489 e. The Morgan fingerprint density at radius 1 is 0.947 bits per heavy atom. The Morgan fingerprint density at radius 2 is 1.63 bits per heavy atom. The van der Waals surface area contributed by atoms with E-state index in [2.05, 4.69) is 70.2 Å². The number of aryl methyl sites for hydroxylation is 2. The van der Waals surface area contributed by atoms with Crippen molar-refractivity contribution in [2.75, 3.05) is 0 Å². The van der Waals surface area contributed by atoms with Crippen LogP contribution in [0.3, 0.4) is 0 Å². The molecule has 0 N–H and O–H groups in total. The van der Waals surface area contributed by atoms with Gasteiger partial charge in [0, 0.05) is 0 Å². The van der Waals surface area contributed by atoms with Gasteiger partial charge in [0.15, 0.2) is 0 Å². The van der Waals surface area contributed by atoms with Gasteiger partial charge in [0.25, 0.3) is 0 Å². The van der Waals surface area contributed by atoms with Crippen LogP contribution in [-0.2, 0) is 6.61 Å². The van der Waals surface area contributed by atoms with Crippen molar-refractivity contribution in [1.82, 2.24) is 0 Å². The van der Waals surface area contributed by atoms with Crippen LogP contribution in [-0.4, -0.2) is 0 Å². The van der Waals surface area contributed by atoms with Gasteiger partial charge in [0.2, 0.25) is 0 Å². The molecule has 100 valence electrons. The predicted octanol–water partition coefficient (Wildman–Crippen LogP) is 5.01. The van der Waals surface area contributed by atoms with Gasteiger partial charge in [-0.2, -0.15) is 0 Å². The summed E-state index contributed by atoms with van der Waals surface area (Å²) in [5, 5.41) is 0. The van der Waals surface area contributed by atoms with Crippen molar-refractivity contribution < 1.29 is 4.74 Å². The van der Waals surface area contributed by atoms with Gasteiger partial charge in [-0.15, -0.1) is 0 Å². The van der Waals surface area contributed by atoms with Crippen molar-refractivity contribution in [3.05, 3.63) is 64.7 Å². The van der Waals surface area contributed by atoms with Crippen LogP contribution in [0.5, 0.6) is 5.75 Å². The molecular formula is C18H22O. The van der Waals surface area contributed by atoms with Gasteiger partial charge in [0.1, 0.15) is 12.4 Å². The molecule has 0 radical (unpaired) electrons. The maximum Gasteiger partial charge on any atom is 0.122 e. The van der Waals surface area contributed by atoms with Gasteiger partial charge in [-0.1, -0.05) is 50.2 Å². The summed E-state index contributed by atoms with van der Waals surface area (Å²) >= 11 is 0. The zero-order valence-corrected chi connectivity index (χ0v) is 12.2. The highest BCUT2D eigenvalue weighted by atomic mass is 16.5. The number of rotatable bonds is 4. The quantitative estimate of drug-likeness (QED) is 0.745. The third-order valence-corrected chi connectivity index (χ3v) is 3.38. The van der Waals surface area contributed by atoms with Crippen molar-refractivity contribution in [3.8, 4) is 5.75 Å². The van der Waals surface area contributed by atoms with Crippen LogP contribution in [0, 0.1) is 13.8 Å². The van der Waals surface area contributed by atoms with Crippen molar-refractivity contribution in [2.24, 2.45) is 0 Å². The molecule has 2 rings (SSSR count). The van der Waals surface area contributed by atoms with Gasteiger partial charge in [0.05, 0.1) is 0 Å². The third kappa shape index (κ3) is 3.60. The van der Waals surface area contributed by atoms with E-state index < -0.39 is 0 Å². The SMILES string of the molecule is Cc1ccc(C)c(OCc2ccc(C(C)C)cc2)c1. The first-order valence-electron chi connectivity index (χ1n) is 6.85. The molecule has 1 heteroatoms. The second kappa shape index (κ2) is 5.92. The molecule has 0 amide bonds. The van der Waals surface area contributed by atoms with E-state index in [1.807, 2.05) is 0 Å². The van der Waals surface area contributed by atoms with Crippen LogP contribution in [0.15, 0.2) is 42.5 Å². The molecule has 0 aliphatic heterocycles. The summed E-state index contributed by atoms with van der Waals surface area (Å²) in [6, 6.07) is 15.0. The summed E-state index contributed by atoms with van der Waals surface area (Å²) in [6.07, 6.45) is 0. The molecule has 0 aliphatic carbocycles. The van der Waals surface area contributed by atoms with E-state index in [0.717, 1.165) is 5.75 Å². The van der Waals surface area contributed by atoms with Gasteiger partial charge in [-0.3, -0.25) is 0 Å². The molecule has 0 unspecified atom stereocenters. The topological polar surface area (TPSA) is 9.23 Å². The van der Waals surface area contributed by atoms with E-state index in [-0.39, 0.29) is 0 Å². The maximum absolute atomic E-state index is 5.90. The summed E-state index contributed by atoms with van der Waals surface area (Å²) in [5.74, 6) is 1.56. The van der Waals surface area contributed by atoms with Gasteiger partial charge in [-0.25, -0.2) is 0 Å². The zero-order valence-electron chi connectivity index (χ0n) is 12.2. The second-order valence-corrected chi connectivity index (χ2v) is 5.45. The average molecular weight is 254 g/mol. The van der Waals surface area contributed by atoms with E-state index in [9.17, 15) is 0 Å². The number of hydrogen-bond donors (Lipinski definition) is 0. The van der Waals surface area contributed by atoms with Gasteiger partial charge >= 0.3 is 0 Å². The minimum Gasteiger partial charge on any atom is -0.489 e. The zero-order chi connectivity index (χ0) is 13.8. The molecule has 0 aliphatic rings. The minimum atomic E-state index is 0.578. The maximum atomic E-state index is 5.90. The van der Waals surface area contributed by atoms with Gasteiger partial charge in [-0.05, 0) is 48.1 Å². The van der Waals surface area contributed by atoms with E-state index in [4.69, 9.17) is 4.74 Å². The Morgan fingerprint density at radius 3 is 2.26 bits per heavy atom. The highest BCUT2D eigenvalue weighted by Gasteiger charge is 2.02. The summed E-state index contributed by atoms with van der Waals surface area (Å²) < 4.78 is 5.90. The Bertz CT molecular complexity index is 538. The minimum absolute atomic E-state index is 0.578. The van der Waals surface area contributed by atoms with E-state index >= 15 is 0 Å². The fourth-order valence-corrected chi connectivity index (χ4v) is 2.02. The smallest absolute Gasteiger partial charge is 0.122 e. The van der Waals surface area contributed by atoms with Crippen LogP contribution in [0.4, 0.5) is 0 Å². The lowest BCUT2D eigenvalue weighted by Crippen LogP contribution is -1.98. The van der Waals surface area contributed by atoms with Crippen molar-refractivity contribution in [3.63, 3.8) is 0 Å². The third-order valence-electron chi connectivity index (χ3n) is 3.38. The van der Waals surface area contributed by atoms with Crippen LogP contribution in [0.1, 0.15) is 42.0 Å². The first kappa shape index (κ1) is 13.7. The molecule has 2 aromatic rings. The molecule has 0 bridgehead atoms. The summed E-state index contributed by atoms with van der Waals surface area (Å²) in [5.41, 5.74) is 5.00. The van der Waals surface area contributed by atoms with Crippen LogP contribution < -0.4 is 4.74 Å². The monoisotopic (exact) mass is 254 g/mol. The molecule has 2 aromatic carbocycles. The lowest BCUT2D eigenvalue weighted by atomic mass is 10.0. The summed E-state index contributed by atoms with van der Waals surface area (Å²) in [4.78, 5) is 0. The fraction of sp³-hybridized carbons (Fsp3) is 0.333. The van der Waals surface area contributed by atoms with E-state index in [0.29, 0.717) is 12.5 Å². The lowest BCUT2D eigenvalue weighted by Gasteiger charge is -2.11. The Hall–Kier alpha value is -1.76. The summed E-state index contributed by atoms with van der Waals surface area (Å²) in [6.45, 7) is 9.21. The normalized spacial score (nSPS) is 10.8. The van der Waals surface area contributed by atoms with Crippen LogP contribution in [0.2, 0.25) is 0 Å². The molecule has 0 heterocycles. The lowest BCUT2D eigenvalue weighted by molar-refractivity contribution is 0.304. The molecule has 0 aromatic heterocycles. The highest BCUT2D eigenvalue weighted by molar-refractivity contribution is 5.36. The van der Waals surface area contributed by atoms with Crippen LogP contribution >= 0.6 is 0 Å². The molecule has 0 saturated carbocycles. The number of benzene rings is 2. The molecule has 0 fully saturated rings. The first-order valence-corrected chi connectivity index (χ1v) is 6.85. The standard InChI is InChI=1S/C18H22O/c1-13(2)17-9-7-16(8-10-17)12-19-18-11-14(3)5-6-15(18)4/h5-11,13H,12H2,1-4H3. The van der Waals surface area contributed by atoms with Crippen molar-refractivity contribution in [2.45, 2.75) is 40.2 Å². The molecule has 0 spiro atoms. The fourth-order valence-electron chi connectivity index (χ4n) is 2.02. The van der Waals surface area contributed by atoms with E-state index in [1.165, 1.54) is 22.3 Å². The highest BCUT2D eigenvalue weighted by Crippen LogP contribution is 2.21. The predicted molar refractivity (Wildman–Crippen MR) is 80.8 cm³/mol. The number of ether oxygens (including phenoxy) is 1. The number of hydrogen-bond acceptors (Lipinski definition) is 1. The van der Waals surface area contributed by atoms with Crippen molar-refractivity contribution >= 4 is 0 Å². The molecule has 0 atom stereocenters. The Balaban J connectivity index is 2.04. The van der Waals surface area contributed by atoms with Crippen molar-refractivity contribution in [1.29, 1.82) is 0 Å². The molecular weight excluding hydrogens is 232 g/mol. The second-order valence-electron chi connectivity index (χ2n) is 5.45. The molecule has 19 heavy (non-hydrogen) atoms. The van der Waals surface area contributed by atoms with Crippen LogP contribution in [0.25, 0.3) is 0 Å². The Kier molecular flexibility index (Phi) is 4.26.